The Kier molecular flexibility index (Phi) is 4.17. The van der Waals surface area contributed by atoms with Crippen LogP contribution in [-0.4, -0.2) is 9.97 Å². The van der Waals surface area contributed by atoms with Gasteiger partial charge in [0, 0.05) is 15.9 Å². The lowest BCUT2D eigenvalue weighted by Gasteiger charge is -2.15. The summed E-state index contributed by atoms with van der Waals surface area (Å²) < 4.78 is 0.982. The minimum Gasteiger partial charge on any atom is -0.389 e. The number of nitrogens with two attached hydrogens (primary N) is 1. The van der Waals surface area contributed by atoms with E-state index < -0.39 is 0 Å². The molecule has 98 valence electrons. The standard InChI is InChI=1S/C14H14BrN3S/c1-8-7-12(13(14(16)19)9(2)17-8)18-11-6-4-3-5-10(11)15/h3-7H,1-2H3,(H2,16,19)(H,17,18). The maximum absolute atomic E-state index is 5.80. The molecule has 0 aliphatic heterocycles. The van der Waals surface area contributed by atoms with Gasteiger partial charge in [-0.05, 0) is 48.0 Å². The number of anilines is 2. The lowest BCUT2D eigenvalue weighted by atomic mass is 10.1. The third-order valence-corrected chi connectivity index (χ3v) is 3.61. The Morgan fingerprint density at radius 1 is 1.26 bits per heavy atom. The van der Waals surface area contributed by atoms with Gasteiger partial charge in [-0.25, -0.2) is 0 Å². The molecule has 3 N–H and O–H groups in total. The number of para-hydroxylation sites is 1. The molecular weight excluding hydrogens is 322 g/mol. The topological polar surface area (TPSA) is 50.9 Å². The van der Waals surface area contributed by atoms with Crippen molar-refractivity contribution in [2.24, 2.45) is 5.73 Å². The molecule has 0 aliphatic carbocycles. The molecule has 0 saturated heterocycles. The second-order valence-corrected chi connectivity index (χ2v) is 5.53. The SMILES string of the molecule is Cc1cc(Nc2ccccc2Br)c(C(N)=S)c(C)n1. The van der Waals surface area contributed by atoms with E-state index in [-0.39, 0.29) is 0 Å². The largest absolute Gasteiger partial charge is 0.389 e. The second-order valence-electron chi connectivity index (χ2n) is 4.24. The number of thiocarbonyl (C=S) groups is 1. The zero-order valence-corrected chi connectivity index (χ0v) is 13.1. The van der Waals surface area contributed by atoms with E-state index in [1.54, 1.807) is 0 Å². The number of rotatable bonds is 3. The quantitative estimate of drug-likeness (QED) is 0.836. The van der Waals surface area contributed by atoms with Crippen molar-refractivity contribution in [3.63, 3.8) is 0 Å². The molecule has 1 aromatic carbocycles. The first-order valence-electron chi connectivity index (χ1n) is 5.78. The Morgan fingerprint density at radius 2 is 1.95 bits per heavy atom. The third-order valence-electron chi connectivity index (χ3n) is 2.72. The van der Waals surface area contributed by atoms with E-state index in [2.05, 4.69) is 26.2 Å². The van der Waals surface area contributed by atoms with Gasteiger partial charge >= 0.3 is 0 Å². The van der Waals surface area contributed by atoms with Crippen molar-refractivity contribution < 1.29 is 0 Å². The predicted octanol–water partition coefficient (Wildman–Crippen LogP) is 3.84. The Hall–Kier alpha value is -1.46. The Morgan fingerprint density at radius 3 is 2.58 bits per heavy atom. The van der Waals surface area contributed by atoms with Crippen LogP contribution in [-0.2, 0) is 0 Å². The molecule has 0 amide bonds. The number of hydrogen-bond acceptors (Lipinski definition) is 3. The van der Waals surface area contributed by atoms with Crippen molar-refractivity contribution >= 4 is 44.5 Å². The van der Waals surface area contributed by atoms with Gasteiger partial charge in [0.05, 0.1) is 16.9 Å². The summed E-state index contributed by atoms with van der Waals surface area (Å²) in [5, 5.41) is 3.35. The van der Waals surface area contributed by atoms with Crippen LogP contribution in [0.1, 0.15) is 17.0 Å². The van der Waals surface area contributed by atoms with Crippen LogP contribution in [0.3, 0.4) is 0 Å². The summed E-state index contributed by atoms with van der Waals surface area (Å²) >= 11 is 8.63. The molecule has 19 heavy (non-hydrogen) atoms. The molecule has 2 rings (SSSR count). The lowest BCUT2D eigenvalue weighted by Crippen LogP contribution is -2.15. The highest BCUT2D eigenvalue weighted by atomic mass is 79.9. The Labute approximate surface area is 126 Å². The van der Waals surface area contributed by atoms with Crippen LogP contribution in [0.25, 0.3) is 0 Å². The first-order valence-corrected chi connectivity index (χ1v) is 6.98. The van der Waals surface area contributed by atoms with Crippen LogP contribution in [0.2, 0.25) is 0 Å². The van der Waals surface area contributed by atoms with E-state index in [1.807, 2.05) is 44.2 Å². The molecule has 0 fully saturated rings. The van der Waals surface area contributed by atoms with Crippen molar-refractivity contribution in [2.45, 2.75) is 13.8 Å². The second kappa shape index (κ2) is 5.67. The number of aryl methyl sites for hydroxylation is 2. The molecule has 0 bridgehead atoms. The minimum atomic E-state index is 0.347. The zero-order valence-electron chi connectivity index (χ0n) is 10.7. The Bertz CT molecular complexity index is 641. The van der Waals surface area contributed by atoms with Gasteiger partial charge in [-0.15, -0.1) is 0 Å². The average Bonchev–Trinajstić information content (AvgIpc) is 2.30. The highest BCUT2D eigenvalue weighted by Gasteiger charge is 2.12. The van der Waals surface area contributed by atoms with Crippen molar-refractivity contribution in [2.75, 3.05) is 5.32 Å². The lowest BCUT2D eigenvalue weighted by molar-refractivity contribution is 1.11. The van der Waals surface area contributed by atoms with Gasteiger partial charge in [-0.2, -0.15) is 0 Å². The Balaban J connectivity index is 2.51. The molecule has 0 spiro atoms. The summed E-state index contributed by atoms with van der Waals surface area (Å²) in [5.41, 5.74) is 10.2. The monoisotopic (exact) mass is 335 g/mol. The van der Waals surface area contributed by atoms with E-state index in [9.17, 15) is 0 Å². The summed E-state index contributed by atoms with van der Waals surface area (Å²) in [6, 6.07) is 9.84. The van der Waals surface area contributed by atoms with E-state index in [0.29, 0.717) is 4.99 Å². The number of pyridine rings is 1. The summed E-state index contributed by atoms with van der Waals surface area (Å²) in [5.74, 6) is 0. The molecule has 2 aromatic rings. The molecule has 0 aliphatic rings. The number of nitrogens with one attached hydrogen (secondary N) is 1. The van der Waals surface area contributed by atoms with Crippen LogP contribution in [0.4, 0.5) is 11.4 Å². The molecule has 5 heteroatoms. The fourth-order valence-electron chi connectivity index (χ4n) is 1.95. The smallest absolute Gasteiger partial charge is 0.107 e. The van der Waals surface area contributed by atoms with Crippen molar-refractivity contribution in [1.82, 2.24) is 4.98 Å². The maximum atomic E-state index is 5.80. The van der Waals surface area contributed by atoms with Crippen LogP contribution in [0, 0.1) is 13.8 Å². The van der Waals surface area contributed by atoms with Crippen LogP contribution < -0.4 is 11.1 Å². The number of benzene rings is 1. The fourth-order valence-corrected chi connectivity index (χ4v) is 2.59. The number of aromatic nitrogens is 1. The van der Waals surface area contributed by atoms with E-state index in [1.165, 1.54) is 0 Å². The van der Waals surface area contributed by atoms with Gasteiger partial charge in [-0.3, -0.25) is 4.98 Å². The van der Waals surface area contributed by atoms with Crippen molar-refractivity contribution in [3.05, 3.63) is 51.8 Å². The molecule has 0 unspecified atom stereocenters. The average molecular weight is 336 g/mol. The number of hydrogen-bond donors (Lipinski definition) is 2. The van der Waals surface area contributed by atoms with Crippen LogP contribution in [0.15, 0.2) is 34.8 Å². The molecule has 0 radical (unpaired) electrons. The van der Waals surface area contributed by atoms with E-state index in [0.717, 1.165) is 32.8 Å². The van der Waals surface area contributed by atoms with Gasteiger partial charge in [0.2, 0.25) is 0 Å². The molecule has 1 aromatic heterocycles. The van der Waals surface area contributed by atoms with Gasteiger partial charge < -0.3 is 11.1 Å². The van der Waals surface area contributed by atoms with Gasteiger partial charge in [-0.1, -0.05) is 24.4 Å². The molecule has 0 saturated carbocycles. The van der Waals surface area contributed by atoms with Crippen LogP contribution in [0.5, 0.6) is 0 Å². The highest BCUT2D eigenvalue weighted by Crippen LogP contribution is 2.28. The van der Waals surface area contributed by atoms with Crippen LogP contribution >= 0.6 is 28.1 Å². The third kappa shape index (κ3) is 3.11. The first kappa shape index (κ1) is 14.0. The molecule has 1 heterocycles. The van der Waals surface area contributed by atoms with E-state index >= 15 is 0 Å². The normalized spacial score (nSPS) is 10.3. The van der Waals surface area contributed by atoms with Crippen molar-refractivity contribution in [1.29, 1.82) is 0 Å². The van der Waals surface area contributed by atoms with E-state index in [4.69, 9.17) is 18.0 Å². The first-order chi connectivity index (χ1) is 8.99. The summed E-state index contributed by atoms with van der Waals surface area (Å²) in [6.45, 7) is 3.86. The maximum Gasteiger partial charge on any atom is 0.107 e. The molecular formula is C14H14BrN3S. The predicted molar refractivity (Wildman–Crippen MR) is 87.0 cm³/mol. The number of halogens is 1. The fraction of sp³-hybridized carbons (Fsp3) is 0.143. The summed E-state index contributed by atoms with van der Waals surface area (Å²) in [4.78, 5) is 4.75. The van der Waals surface area contributed by atoms with Crippen molar-refractivity contribution in [3.8, 4) is 0 Å². The highest BCUT2D eigenvalue weighted by molar-refractivity contribution is 9.10. The zero-order chi connectivity index (χ0) is 14.0. The molecule has 3 nitrogen and oxygen atoms in total. The summed E-state index contributed by atoms with van der Waals surface area (Å²) in [7, 11) is 0. The van der Waals surface area contributed by atoms with Gasteiger partial charge in [0.25, 0.3) is 0 Å². The number of nitrogens with zero attached hydrogens (tertiary/aromatic N) is 1. The van der Waals surface area contributed by atoms with Gasteiger partial charge in [0.15, 0.2) is 0 Å². The minimum absolute atomic E-state index is 0.347. The summed E-state index contributed by atoms with van der Waals surface area (Å²) in [6.07, 6.45) is 0. The van der Waals surface area contributed by atoms with Gasteiger partial charge in [0.1, 0.15) is 4.99 Å². The molecule has 0 atom stereocenters.